The van der Waals surface area contributed by atoms with Gasteiger partial charge in [0.25, 0.3) is 11.8 Å². The molecule has 0 radical (unpaired) electrons. The van der Waals surface area contributed by atoms with Crippen LogP contribution in [0.4, 0.5) is 27.6 Å². The molecule has 0 bridgehead atoms. The Bertz CT molecular complexity index is 871. The van der Waals surface area contributed by atoms with Crippen molar-refractivity contribution in [3.05, 3.63) is 58.9 Å². The first kappa shape index (κ1) is 20.2. The van der Waals surface area contributed by atoms with Gasteiger partial charge in [0.1, 0.15) is 5.82 Å². The van der Waals surface area contributed by atoms with Gasteiger partial charge in [-0.3, -0.25) is 9.59 Å². The highest BCUT2D eigenvalue weighted by Crippen LogP contribution is 2.32. The molecule has 2 rings (SSSR count). The maximum absolute atomic E-state index is 13.6. The topological polar surface area (TPSA) is 91.3 Å². The van der Waals surface area contributed by atoms with E-state index in [0.717, 1.165) is 6.07 Å². The van der Waals surface area contributed by atoms with Crippen LogP contribution in [0.3, 0.4) is 0 Å². The largest absolute Gasteiger partial charge is 0.416 e. The van der Waals surface area contributed by atoms with Crippen molar-refractivity contribution in [3.63, 3.8) is 0 Å². The van der Waals surface area contributed by atoms with Crippen LogP contribution in [-0.4, -0.2) is 35.1 Å². The first-order valence-electron chi connectivity index (χ1n) is 7.35. The SMILES string of the molecule is O=C(NCCO)c1cc(NC(=O)c2ncc(F)cc2F)cc(C(F)(F)F)c1. The summed E-state index contributed by atoms with van der Waals surface area (Å²) in [5, 5.41) is 12.8. The molecule has 27 heavy (non-hydrogen) atoms. The van der Waals surface area contributed by atoms with Crippen molar-refractivity contribution in [2.75, 3.05) is 18.5 Å². The highest BCUT2D eigenvalue weighted by Gasteiger charge is 2.32. The molecule has 0 atom stereocenters. The number of nitrogens with zero attached hydrogens (tertiary/aromatic N) is 1. The average molecular weight is 389 g/mol. The van der Waals surface area contributed by atoms with Gasteiger partial charge in [-0.15, -0.1) is 0 Å². The Kier molecular flexibility index (Phi) is 6.05. The summed E-state index contributed by atoms with van der Waals surface area (Å²) in [6.07, 6.45) is -4.26. The number of carbonyl (C=O) groups is 2. The van der Waals surface area contributed by atoms with Gasteiger partial charge >= 0.3 is 6.18 Å². The van der Waals surface area contributed by atoms with Crippen LogP contribution in [0, 0.1) is 11.6 Å². The molecule has 6 nitrogen and oxygen atoms in total. The fourth-order valence-electron chi connectivity index (χ4n) is 2.04. The van der Waals surface area contributed by atoms with Crippen LogP contribution in [0.1, 0.15) is 26.4 Å². The molecule has 0 saturated carbocycles. The maximum Gasteiger partial charge on any atom is 0.416 e. The van der Waals surface area contributed by atoms with Crippen molar-refractivity contribution in [1.29, 1.82) is 0 Å². The van der Waals surface area contributed by atoms with Crippen molar-refractivity contribution < 1.29 is 36.6 Å². The number of hydrogen-bond acceptors (Lipinski definition) is 4. The van der Waals surface area contributed by atoms with Gasteiger partial charge in [0.2, 0.25) is 0 Å². The Morgan fingerprint density at radius 3 is 2.37 bits per heavy atom. The number of rotatable bonds is 5. The number of benzene rings is 1. The van der Waals surface area contributed by atoms with Gasteiger partial charge in [0.15, 0.2) is 11.5 Å². The molecular formula is C16H12F5N3O3. The third-order valence-electron chi connectivity index (χ3n) is 3.20. The molecule has 1 heterocycles. The molecule has 0 unspecified atom stereocenters. The zero-order valence-corrected chi connectivity index (χ0v) is 13.4. The Hall–Kier alpha value is -3.08. The Morgan fingerprint density at radius 2 is 1.78 bits per heavy atom. The van der Waals surface area contributed by atoms with Gasteiger partial charge in [-0.05, 0) is 18.2 Å². The molecule has 0 aliphatic heterocycles. The van der Waals surface area contributed by atoms with Crippen LogP contribution in [0.5, 0.6) is 0 Å². The second-order valence-electron chi connectivity index (χ2n) is 5.21. The van der Waals surface area contributed by atoms with Gasteiger partial charge in [0, 0.05) is 23.9 Å². The van der Waals surface area contributed by atoms with Gasteiger partial charge in [-0.25, -0.2) is 13.8 Å². The molecule has 0 aliphatic rings. The summed E-state index contributed by atoms with van der Waals surface area (Å²) in [5.41, 5.74) is -2.96. The molecule has 144 valence electrons. The Balaban J connectivity index is 2.37. The number of aliphatic hydroxyl groups excluding tert-OH is 1. The van der Waals surface area contributed by atoms with Crippen LogP contribution in [0.25, 0.3) is 0 Å². The van der Waals surface area contributed by atoms with Crippen LogP contribution in [0.2, 0.25) is 0 Å². The molecule has 2 aromatic rings. The normalized spacial score (nSPS) is 11.2. The van der Waals surface area contributed by atoms with Crippen LogP contribution in [-0.2, 0) is 6.18 Å². The zero-order chi connectivity index (χ0) is 20.2. The lowest BCUT2D eigenvalue weighted by molar-refractivity contribution is -0.137. The van der Waals surface area contributed by atoms with Crippen LogP contribution < -0.4 is 10.6 Å². The molecule has 0 aliphatic carbocycles. The minimum Gasteiger partial charge on any atom is -0.395 e. The van der Waals surface area contributed by atoms with Crippen LogP contribution >= 0.6 is 0 Å². The molecular weight excluding hydrogens is 377 g/mol. The predicted molar refractivity (Wildman–Crippen MR) is 83.0 cm³/mol. The van der Waals surface area contributed by atoms with Crippen molar-refractivity contribution >= 4 is 17.5 Å². The second kappa shape index (κ2) is 8.08. The molecule has 0 spiro atoms. The fourth-order valence-corrected chi connectivity index (χ4v) is 2.04. The molecule has 0 fully saturated rings. The van der Waals surface area contributed by atoms with E-state index in [0.29, 0.717) is 24.4 Å². The minimum absolute atomic E-state index is 0.193. The summed E-state index contributed by atoms with van der Waals surface area (Å²) in [5.74, 6) is -4.49. The van der Waals surface area contributed by atoms with Crippen molar-refractivity contribution in [3.8, 4) is 0 Å². The summed E-state index contributed by atoms with van der Waals surface area (Å²) in [6, 6.07) is 2.42. The molecule has 1 aromatic carbocycles. The molecule has 11 heteroatoms. The fraction of sp³-hybridized carbons (Fsp3) is 0.188. The van der Waals surface area contributed by atoms with E-state index >= 15 is 0 Å². The number of pyridine rings is 1. The van der Waals surface area contributed by atoms with Gasteiger partial charge in [0.05, 0.1) is 18.4 Å². The number of halogens is 5. The molecule has 3 N–H and O–H groups in total. The van der Waals surface area contributed by atoms with Gasteiger partial charge in [-0.2, -0.15) is 13.2 Å². The number of nitrogens with one attached hydrogen (secondary N) is 2. The van der Waals surface area contributed by atoms with E-state index in [1.165, 1.54) is 0 Å². The second-order valence-corrected chi connectivity index (χ2v) is 5.21. The summed E-state index contributed by atoms with van der Waals surface area (Å²) < 4.78 is 65.5. The monoisotopic (exact) mass is 389 g/mol. The molecule has 0 saturated heterocycles. The number of hydrogen-bond donors (Lipinski definition) is 3. The minimum atomic E-state index is -4.83. The Morgan fingerprint density at radius 1 is 1.07 bits per heavy atom. The highest BCUT2D eigenvalue weighted by molar-refractivity contribution is 6.04. The van der Waals surface area contributed by atoms with Gasteiger partial charge in [-0.1, -0.05) is 0 Å². The molecule has 2 amide bonds. The van der Waals surface area contributed by atoms with Gasteiger partial charge < -0.3 is 15.7 Å². The standard InChI is InChI=1S/C16H12F5N3O3/c17-10-6-12(18)13(23-7-10)15(27)24-11-4-8(14(26)22-1-2-25)3-9(5-11)16(19,20)21/h3-7,25H,1-2H2,(H,22,26)(H,24,27). The Labute approximate surface area is 149 Å². The first-order chi connectivity index (χ1) is 12.6. The lowest BCUT2D eigenvalue weighted by atomic mass is 10.1. The van der Waals surface area contributed by atoms with Crippen LogP contribution in [0.15, 0.2) is 30.5 Å². The van der Waals surface area contributed by atoms with E-state index < -0.39 is 58.7 Å². The zero-order valence-electron chi connectivity index (χ0n) is 13.4. The summed E-state index contributed by atoms with van der Waals surface area (Å²) in [7, 11) is 0. The maximum atomic E-state index is 13.6. The van der Waals surface area contributed by atoms with Crippen molar-refractivity contribution in [1.82, 2.24) is 10.3 Å². The van der Waals surface area contributed by atoms with E-state index in [-0.39, 0.29) is 6.54 Å². The average Bonchev–Trinajstić information content (AvgIpc) is 2.58. The van der Waals surface area contributed by atoms with E-state index in [1.807, 2.05) is 5.32 Å². The third-order valence-corrected chi connectivity index (χ3v) is 3.20. The van der Waals surface area contributed by atoms with E-state index in [9.17, 15) is 31.5 Å². The van der Waals surface area contributed by atoms with Crippen molar-refractivity contribution in [2.45, 2.75) is 6.18 Å². The number of carbonyl (C=O) groups excluding carboxylic acids is 2. The lowest BCUT2D eigenvalue weighted by Gasteiger charge is -2.13. The third kappa shape index (κ3) is 5.20. The smallest absolute Gasteiger partial charge is 0.395 e. The number of anilines is 1. The number of aliphatic hydroxyl groups is 1. The molecule has 1 aromatic heterocycles. The van der Waals surface area contributed by atoms with E-state index in [1.54, 1.807) is 0 Å². The summed E-state index contributed by atoms with van der Waals surface area (Å²) in [6.45, 7) is -0.620. The number of amides is 2. The van der Waals surface area contributed by atoms with E-state index in [2.05, 4.69) is 10.3 Å². The lowest BCUT2D eigenvalue weighted by Crippen LogP contribution is -2.27. The number of aromatic nitrogens is 1. The quantitative estimate of drug-likeness (QED) is 0.685. The highest BCUT2D eigenvalue weighted by atomic mass is 19.4. The number of alkyl halides is 3. The summed E-state index contributed by atoms with van der Waals surface area (Å²) in [4.78, 5) is 27.1. The first-order valence-corrected chi connectivity index (χ1v) is 7.35. The van der Waals surface area contributed by atoms with Crippen molar-refractivity contribution in [2.24, 2.45) is 0 Å². The van der Waals surface area contributed by atoms with E-state index in [4.69, 9.17) is 5.11 Å². The predicted octanol–water partition coefficient (Wildman–Crippen LogP) is 2.35. The summed E-state index contributed by atoms with van der Waals surface area (Å²) >= 11 is 0.